The first-order valence-electron chi connectivity index (χ1n) is 4.77. The van der Waals surface area contributed by atoms with Gasteiger partial charge in [-0.1, -0.05) is 22.5 Å². The van der Waals surface area contributed by atoms with E-state index in [2.05, 4.69) is 32.1 Å². The first-order valence-corrected chi connectivity index (χ1v) is 5.57. The van der Waals surface area contributed by atoms with Crippen molar-refractivity contribution >= 4 is 21.9 Å². The van der Waals surface area contributed by atoms with Gasteiger partial charge < -0.3 is 4.74 Å². The molecule has 0 aliphatic carbocycles. The van der Waals surface area contributed by atoms with Gasteiger partial charge in [0, 0.05) is 17.1 Å². The molecule has 0 spiro atoms. The van der Waals surface area contributed by atoms with Gasteiger partial charge in [-0.2, -0.15) is 0 Å². The van der Waals surface area contributed by atoms with E-state index in [-0.39, 0.29) is 5.97 Å². The third-order valence-corrected chi connectivity index (χ3v) is 2.75. The van der Waals surface area contributed by atoms with Crippen LogP contribution in [0.15, 0.2) is 11.1 Å². The van der Waals surface area contributed by atoms with E-state index >= 15 is 0 Å². The van der Waals surface area contributed by atoms with Gasteiger partial charge in [-0.25, -0.2) is 0 Å². The molecular weight excluding hydrogens is 246 g/mol. The Balaban J connectivity index is 2.42. The number of hydrogen-bond donors (Lipinski definition) is 0. The van der Waals surface area contributed by atoms with E-state index in [0.717, 1.165) is 30.4 Å². The zero-order valence-electron chi connectivity index (χ0n) is 8.46. The van der Waals surface area contributed by atoms with Crippen molar-refractivity contribution in [1.82, 2.24) is 4.90 Å². The van der Waals surface area contributed by atoms with E-state index in [4.69, 9.17) is 0 Å². The first kappa shape index (κ1) is 11.7. The molecule has 1 heterocycles. The largest absolute Gasteiger partial charge is 0.469 e. The number of rotatable bonds is 4. The molecule has 0 unspecified atom stereocenters. The highest BCUT2D eigenvalue weighted by Gasteiger charge is 2.26. The van der Waals surface area contributed by atoms with Gasteiger partial charge in [0.15, 0.2) is 0 Å². The minimum atomic E-state index is -0.123. The topological polar surface area (TPSA) is 29.5 Å². The highest BCUT2D eigenvalue weighted by atomic mass is 79.9. The number of hydrogen-bond acceptors (Lipinski definition) is 3. The second kappa shape index (κ2) is 5.51. The van der Waals surface area contributed by atoms with E-state index in [1.807, 2.05) is 0 Å². The zero-order valence-corrected chi connectivity index (χ0v) is 10.0. The van der Waals surface area contributed by atoms with Gasteiger partial charge in [-0.05, 0) is 19.4 Å². The lowest BCUT2D eigenvalue weighted by atomic mass is 10.1. The lowest BCUT2D eigenvalue weighted by Crippen LogP contribution is -2.32. The van der Waals surface area contributed by atoms with Gasteiger partial charge in [0.25, 0.3) is 0 Å². The molecule has 1 saturated heterocycles. The highest BCUT2D eigenvalue weighted by molar-refractivity contribution is 9.11. The van der Waals surface area contributed by atoms with Crippen molar-refractivity contribution in [1.29, 1.82) is 0 Å². The van der Waals surface area contributed by atoms with E-state index in [1.54, 1.807) is 0 Å². The number of nitrogens with zero attached hydrogens (tertiary/aromatic N) is 1. The summed E-state index contributed by atoms with van der Waals surface area (Å²) in [5, 5.41) is 0. The second-order valence-electron chi connectivity index (χ2n) is 3.56. The van der Waals surface area contributed by atoms with Crippen LogP contribution in [-0.2, 0) is 9.53 Å². The lowest BCUT2D eigenvalue weighted by Gasteiger charge is -2.22. The second-order valence-corrected chi connectivity index (χ2v) is 4.69. The molecule has 0 aromatic carbocycles. The molecule has 14 heavy (non-hydrogen) atoms. The zero-order chi connectivity index (χ0) is 10.6. The Hall–Kier alpha value is -0.350. The molecule has 1 fully saturated rings. The van der Waals surface area contributed by atoms with Crippen LogP contribution in [0.2, 0.25) is 0 Å². The van der Waals surface area contributed by atoms with Crippen molar-refractivity contribution in [2.45, 2.75) is 25.3 Å². The smallest absolute Gasteiger partial charge is 0.307 e. The summed E-state index contributed by atoms with van der Waals surface area (Å²) in [6.07, 6.45) is 2.73. The maximum absolute atomic E-state index is 11.1. The van der Waals surface area contributed by atoms with Crippen molar-refractivity contribution in [3.05, 3.63) is 11.1 Å². The Labute approximate surface area is 93.2 Å². The van der Waals surface area contributed by atoms with Gasteiger partial charge in [0.1, 0.15) is 0 Å². The van der Waals surface area contributed by atoms with Crippen molar-refractivity contribution in [2.24, 2.45) is 0 Å². The number of esters is 1. The Morgan fingerprint density at radius 1 is 1.71 bits per heavy atom. The van der Waals surface area contributed by atoms with Crippen LogP contribution in [0.25, 0.3) is 0 Å². The molecule has 0 N–H and O–H groups in total. The molecule has 1 aliphatic heterocycles. The van der Waals surface area contributed by atoms with Crippen molar-refractivity contribution in [2.75, 3.05) is 20.2 Å². The van der Waals surface area contributed by atoms with Gasteiger partial charge in [0.05, 0.1) is 13.5 Å². The number of ether oxygens (including phenoxy) is 1. The molecule has 4 heteroatoms. The predicted molar refractivity (Wildman–Crippen MR) is 59.3 cm³/mol. The fourth-order valence-corrected chi connectivity index (χ4v) is 2.15. The number of methoxy groups -OCH3 is 1. The summed E-state index contributed by atoms with van der Waals surface area (Å²) in [5.74, 6) is -0.123. The van der Waals surface area contributed by atoms with Gasteiger partial charge in [0.2, 0.25) is 0 Å². The summed E-state index contributed by atoms with van der Waals surface area (Å²) < 4.78 is 5.63. The standard InChI is InChI=1S/C10H16BrNO2/c1-8(11)7-12-5-3-4-9(12)6-10(13)14-2/h9H,1,3-7H2,2H3/t9-/m0/s1. The van der Waals surface area contributed by atoms with Crippen molar-refractivity contribution in [3.63, 3.8) is 0 Å². The third kappa shape index (κ3) is 3.42. The SMILES string of the molecule is C=C(Br)CN1CCC[C@H]1CC(=O)OC. The Kier molecular flexibility index (Phi) is 4.62. The predicted octanol–water partition coefficient (Wildman–Crippen LogP) is 1.92. The normalized spacial score (nSPS) is 22.3. The highest BCUT2D eigenvalue weighted by Crippen LogP contribution is 2.22. The monoisotopic (exact) mass is 261 g/mol. The average Bonchev–Trinajstić information content (AvgIpc) is 2.52. The maximum atomic E-state index is 11.1. The molecule has 0 aromatic rings. The molecule has 0 aromatic heterocycles. The Morgan fingerprint density at radius 2 is 2.43 bits per heavy atom. The molecule has 1 rings (SSSR count). The molecule has 0 radical (unpaired) electrons. The molecule has 1 aliphatic rings. The van der Waals surface area contributed by atoms with Gasteiger partial charge in [-0.3, -0.25) is 9.69 Å². The van der Waals surface area contributed by atoms with Crippen molar-refractivity contribution in [3.8, 4) is 0 Å². The molecule has 0 bridgehead atoms. The lowest BCUT2D eigenvalue weighted by molar-refractivity contribution is -0.141. The van der Waals surface area contributed by atoms with E-state index in [9.17, 15) is 4.79 Å². The summed E-state index contributed by atoms with van der Waals surface area (Å²) in [7, 11) is 1.44. The van der Waals surface area contributed by atoms with Crippen LogP contribution in [0.4, 0.5) is 0 Å². The Bertz CT molecular complexity index is 230. The Morgan fingerprint density at radius 3 is 3.00 bits per heavy atom. The average molecular weight is 262 g/mol. The van der Waals surface area contributed by atoms with Crippen LogP contribution < -0.4 is 0 Å². The number of carbonyl (C=O) groups is 1. The minimum Gasteiger partial charge on any atom is -0.469 e. The maximum Gasteiger partial charge on any atom is 0.307 e. The van der Waals surface area contributed by atoms with E-state index in [0.29, 0.717) is 12.5 Å². The molecule has 80 valence electrons. The van der Waals surface area contributed by atoms with Crippen LogP contribution >= 0.6 is 15.9 Å². The van der Waals surface area contributed by atoms with Gasteiger partial charge in [-0.15, -0.1) is 0 Å². The summed E-state index contributed by atoms with van der Waals surface area (Å²) in [6, 6.07) is 0.330. The fourth-order valence-electron chi connectivity index (χ4n) is 1.83. The summed E-state index contributed by atoms with van der Waals surface area (Å²) in [4.78, 5) is 13.4. The fraction of sp³-hybridized carbons (Fsp3) is 0.700. The van der Waals surface area contributed by atoms with E-state index in [1.165, 1.54) is 7.11 Å². The molecular formula is C10H16BrNO2. The minimum absolute atomic E-state index is 0.123. The molecule has 1 atom stereocenters. The summed E-state index contributed by atoms with van der Waals surface area (Å²) >= 11 is 3.34. The molecule has 0 saturated carbocycles. The third-order valence-electron chi connectivity index (χ3n) is 2.50. The molecule has 0 amide bonds. The molecule has 3 nitrogen and oxygen atoms in total. The van der Waals surface area contributed by atoms with Crippen LogP contribution in [-0.4, -0.2) is 37.1 Å². The van der Waals surface area contributed by atoms with Crippen LogP contribution in [0.5, 0.6) is 0 Å². The quantitative estimate of drug-likeness (QED) is 0.725. The summed E-state index contributed by atoms with van der Waals surface area (Å²) in [5.41, 5.74) is 0. The number of likely N-dealkylation sites (tertiary alicyclic amines) is 1. The van der Waals surface area contributed by atoms with Gasteiger partial charge >= 0.3 is 5.97 Å². The van der Waals surface area contributed by atoms with Crippen molar-refractivity contribution < 1.29 is 9.53 Å². The summed E-state index contributed by atoms with van der Waals surface area (Å²) in [6.45, 7) is 5.68. The number of halogens is 1. The first-order chi connectivity index (χ1) is 6.63. The van der Waals surface area contributed by atoms with Crippen LogP contribution in [0.1, 0.15) is 19.3 Å². The van der Waals surface area contributed by atoms with Crippen LogP contribution in [0.3, 0.4) is 0 Å². The van der Waals surface area contributed by atoms with E-state index < -0.39 is 0 Å². The van der Waals surface area contributed by atoms with Crippen LogP contribution in [0, 0.1) is 0 Å². The number of carbonyl (C=O) groups excluding carboxylic acids is 1.